The zero-order chi connectivity index (χ0) is 12.5. The van der Waals surface area contributed by atoms with Crippen molar-refractivity contribution < 1.29 is 0 Å². The summed E-state index contributed by atoms with van der Waals surface area (Å²) in [6.07, 6.45) is 0. The summed E-state index contributed by atoms with van der Waals surface area (Å²) in [5, 5.41) is 4.31. The second-order valence-corrected chi connectivity index (χ2v) is 6.02. The summed E-state index contributed by atoms with van der Waals surface area (Å²) >= 11 is 5.14. The molecule has 2 aromatic carbocycles. The molecule has 0 aliphatic carbocycles. The Morgan fingerprint density at radius 1 is 1.17 bits per heavy atom. The van der Waals surface area contributed by atoms with E-state index < -0.39 is 0 Å². The number of thiazole rings is 1. The molecule has 18 heavy (non-hydrogen) atoms. The Morgan fingerprint density at radius 2 is 2.00 bits per heavy atom. The van der Waals surface area contributed by atoms with Crippen LogP contribution in [0.4, 0.5) is 10.8 Å². The normalized spacial score (nSPS) is 10.8. The number of hydrogen-bond acceptors (Lipinski definition) is 3. The molecule has 0 aliphatic heterocycles. The largest absolute Gasteiger partial charge is 0.331 e. The number of aromatic nitrogens is 1. The molecule has 0 spiro atoms. The summed E-state index contributed by atoms with van der Waals surface area (Å²) in [7, 11) is 0. The van der Waals surface area contributed by atoms with Crippen molar-refractivity contribution in [3.63, 3.8) is 0 Å². The average Bonchev–Trinajstić information content (AvgIpc) is 2.75. The van der Waals surface area contributed by atoms with Crippen LogP contribution in [-0.2, 0) is 0 Å². The molecule has 1 heterocycles. The molecule has 1 N–H and O–H groups in total. The lowest BCUT2D eigenvalue weighted by Gasteiger charge is -2.06. The van der Waals surface area contributed by atoms with Gasteiger partial charge in [0.1, 0.15) is 0 Å². The molecule has 3 rings (SSSR count). The van der Waals surface area contributed by atoms with Gasteiger partial charge in [-0.05, 0) is 42.8 Å². The highest BCUT2D eigenvalue weighted by Gasteiger charge is 2.05. The Hall–Kier alpha value is -1.39. The van der Waals surface area contributed by atoms with E-state index in [-0.39, 0.29) is 0 Å². The maximum atomic E-state index is 4.57. The molecule has 0 saturated carbocycles. The Balaban J connectivity index is 1.96. The third-order valence-electron chi connectivity index (χ3n) is 2.72. The highest BCUT2D eigenvalue weighted by atomic mass is 79.9. The fourth-order valence-corrected chi connectivity index (χ4v) is 3.16. The second kappa shape index (κ2) is 4.71. The van der Waals surface area contributed by atoms with Gasteiger partial charge in [0.05, 0.1) is 10.2 Å². The number of aryl methyl sites for hydroxylation is 1. The number of anilines is 2. The van der Waals surface area contributed by atoms with Crippen LogP contribution in [0.5, 0.6) is 0 Å². The van der Waals surface area contributed by atoms with Crippen molar-refractivity contribution in [2.75, 3.05) is 5.32 Å². The molecule has 0 saturated heterocycles. The Labute approximate surface area is 118 Å². The summed E-state index contributed by atoms with van der Waals surface area (Å²) in [5.41, 5.74) is 3.33. The minimum atomic E-state index is 0.932. The highest BCUT2D eigenvalue weighted by Crippen LogP contribution is 2.29. The van der Waals surface area contributed by atoms with E-state index in [1.54, 1.807) is 11.3 Å². The van der Waals surface area contributed by atoms with E-state index in [2.05, 4.69) is 51.4 Å². The lowest BCUT2D eigenvalue weighted by Crippen LogP contribution is -1.91. The fraction of sp³-hybridized carbons (Fsp3) is 0.0714. The van der Waals surface area contributed by atoms with Crippen molar-refractivity contribution >= 4 is 48.3 Å². The van der Waals surface area contributed by atoms with Gasteiger partial charge in [-0.2, -0.15) is 0 Å². The van der Waals surface area contributed by atoms with Gasteiger partial charge < -0.3 is 5.32 Å². The van der Waals surface area contributed by atoms with Crippen LogP contribution in [0, 0.1) is 6.92 Å². The Morgan fingerprint density at radius 3 is 2.78 bits per heavy atom. The first kappa shape index (κ1) is 11.7. The number of nitrogens with zero attached hydrogens (tertiary/aromatic N) is 1. The number of benzene rings is 2. The molecule has 90 valence electrons. The molecule has 1 aromatic heterocycles. The number of fused-ring (bicyclic) bond motifs is 1. The fourth-order valence-electron chi connectivity index (χ4n) is 1.81. The third-order valence-corrected chi connectivity index (χ3v) is 4.17. The molecule has 0 radical (unpaired) electrons. The lowest BCUT2D eigenvalue weighted by atomic mass is 10.2. The maximum Gasteiger partial charge on any atom is 0.188 e. The van der Waals surface area contributed by atoms with E-state index in [1.165, 1.54) is 10.3 Å². The Kier molecular flexibility index (Phi) is 3.06. The number of nitrogens with one attached hydrogen (secondary N) is 1. The molecule has 0 unspecified atom stereocenters. The molecular formula is C14H11BrN2S. The SMILES string of the molecule is Cc1cc(Br)ccc1Nc1nc2ccccc2s1. The molecule has 0 aliphatic rings. The van der Waals surface area contributed by atoms with Crippen LogP contribution in [0.2, 0.25) is 0 Å². The van der Waals surface area contributed by atoms with Gasteiger partial charge in [0.25, 0.3) is 0 Å². The van der Waals surface area contributed by atoms with Gasteiger partial charge in [0, 0.05) is 10.2 Å². The average molecular weight is 319 g/mol. The number of para-hydroxylation sites is 1. The lowest BCUT2D eigenvalue weighted by molar-refractivity contribution is 1.39. The maximum absolute atomic E-state index is 4.57. The standard InChI is InChI=1S/C14H11BrN2S/c1-9-8-10(15)6-7-11(9)16-14-17-12-4-2-3-5-13(12)18-14/h2-8H,1H3,(H,16,17). The van der Waals surface area contributed by atoms with Crippen molar-refractivity contribution in [1.82, 2.24) is 4.98 Å². The van der Waals surface area contributed by atoms with Crippen molar-refractivity contribution in [1.29, 1.82) is 0 Å². The molecule has 0 atom stereocenters. The first-order chi connectivity index (χ1) is 8.72. The molecule has 2 nitrogen and oxygen atoms in total. The zero-order valence-electron chi connectivity index (χ0n) is 9.77. The van der Waals surface area contributed by atoms with Crippen LogP contribution in [-0.4, -0.2) is 4.98 Å². The van der Waals surface area contributed by atoms with Crippen molar-refractivity contribution in [3.05, 3.63) is 52.5 Å². The van der Waals surface area contributed by atoms with Gasteiger partial charge in [0.2, 0.25) is 0 Å². The van der Waals surface area contributed by atoms with Crippen LogP contribution < -0.4 is 5.32 Å². The van der Waals surface area contributed by atoms with Crippen molar-refractivity contribution in [3.8, 4) is 0 Å². The molecule has 0 amide bonds. The van der Waals surface area contributed by atoms with Gasteiger partial charge in [0.15, 0.2) is 5.13 Å². The minimum Gasteiger partial charge on any atom is -0.331 e. The van der Waals surface area contributed by atoms with Crippen molar-refractivity contribution in [2.24, 2.45) is 0 Å². The molecule has 0 fully saturated rings. The summed E-state index contributed by atoms with van der Waals surface area (Å²) in [6.45, 7) is 2.08. The smallest absolute Gasteiger partial charge is 0.188 e. The predicted octanol–water partition coefficient (Wildman–Crippen LogP) is 5.11. The number of hydrogen-bond donors (Lipinski definition) is 1. The van der Waals surface area contributed by atoms with Gasteiger partial charge in [-0.3, -0.25) is 0 Å². The van der Waals surface area contributed by atoms with E-state index in [1.807, 2.05) is 24.3 Å². The summed E-state index contributed by atoms with van der Waals surface area (Å²) in [5.74, 6) is 0. The van der Waals surface area contributed by atoms with E-state index in [0.29, 0.717) is 0 Å². The zero-order valence-corrected chi connectivity index (χ0v) is 12.2. The van der Waals surface area contributed by atoms with E-state index in [9.17, 15) is 0 Å². The summed E-state index contributed by atoms with van der Waals surface area (Å²) in [4.78, 5) is 4.57. The van der Waals surface area contributed by atoms with Gasteiger partial charge in [-0.25, -0.2) is 4.98 Å². The Bertz CT molecular complexity index is 673. The van der Waals surface area contributed by atoms with E-state index >= 15 is 0 Å². The van der Waals surface area contributed by atoms with Crippen LogP contribution in [0.15, 0.2) is 46.9 Å². The van der Waals surface area contributed by atoms with Gasteiger partial charge in [-0.1, -0.05) is 39.4 Å². The second-order valence-electron chi connectivity index (χ2n) is 4.07. The van der Waals surface area contributed by atoms with Crippen LogP contribution >= 0.6 is 27.3 Å². The quantitative estimate of drug-likeness (QED) is 0.710. The van der Waals surface area contributed by atoms with Crippen LogP contribution in [0.25, 0.3) is 10.2 Å². The summed E-state index contributed by atoms with van der Waals surface area (Å²) in [6, 6.07) is 14.4. The molecule has 4 heteroatoms. The molecule has 3 aromatic rings. The summed E-state index contributed by atoms with van der Waals surface area (Å²) < 4.78 is 2.30. The monoisotopic (exact) mass is 318 g/mol. The molecule has 0 bridgehead atoms. The molecular weight excluding hydrogens is 308 g/mol. The first-order valence-corrected chi connectivity index (χ1v) is 7.22. The van der Waals surface area contributed by atoms with Crippen LogP contribution in [0.3, 0.4) is 0 Å². The minimum absolute atomic E-state index is 0.932. The van der Waals surface area contributed by atoms with Crippen LogP contribution in [0.1, 0.15) is 5.56 Å². The highest BCUT2D eigenvalue weighted by molar-refractivity contribution is 9.10. The van der Waals surface area contributed by atoms with Crippen molar-refractivity contribution in [2.45, 2.75) is 6.92 Å². The number of rotatable bonds is 2. The first-order valence-electron chi connectivity index (χ1n) is 5.61. The third kappa shape index (κ3) is 2.26. The van der Waals surface area contributed by atoms with E-state index in [4.69, 9.17) is 0 Å². The van der Waals surface area contributed by atoms with Gasteiger partial charge >= 0.3 is 0 Å². The van der Waals surface area contributed by atoms with E-state index in [0.717, 1.165) is 20.8 Å². The number of halogens is 1. The predicted molar refractivity (Wildman–Crippen MR) is 81.8 cm³/mol. The topological polar surface area (TPSA) is 24.9 Å². The van der Waals surface area contributed by atoms with Gasteiger partial charge in [-0.15, -0.1) is 0 Å².